The number of thioether (sulfide) groups is 1. The summed E-state index contributed by atoms with van der Waals surface area (Å²) in [6, 6.07) is 4.37. The minimum absolute atomic E-state index is 0.0998. The summed E-state index contributed by atoms with van der Waals surface area (Å²) in [5, 5.41) is 0. The lowest BCUT2D eigenvalue weighted by Gasteiger charge is -2.35. The van der Waals surface area contributed by atoms with Crippen LogP contribution in [0.2, 0.25) is 0 Å². The van der Waals surface area contributed by atoms with Crippen LogP contribution >= 0.6 is 11.8 Å². The minimum Gasteiger partial charge on any atom is -0.408 e. The Balaban J connectivity index is 1.85. The molecule has 0 spiro atoms. The molecular formula is C15H20N2O5S2. The van der Waals surface area contributed by atoms with Gasteiger partial charge in [-0.15, -0.1) is 0 Å². The molecule has 0 amide bonds. The Morgan fingerprint density at radius 1 is 1.38 bits per heavy atom. The molecule has 0 radical (unpaired) electrons. The molecule has 3 rings (SSSR count). The van der Waals surface area contributed by atoms with E-state index in [1.807, 2.05) is 11.8 Å². The van der Waals surface area contributed by atoms with E-state index in [1.54, 1.807) is 7.11 Å². The summed E-state index contributed by atoms with van der Waals surface area (Å²) in [7, 11) is -0.539. The van der Waals surface area contributed by atoms with Crippen molar-refractivity contribution in [3.05, 3.63) is 28.7 Å². The van der Waals surface area contributed by atoms with E-state index in [0.717, 1.165) is 24.3 Å². The summed E-state index contributed by atoms with van der Waals surface area (Å²) < 4.78 is 39.8. The highest BCUT2D eigenvalue weighted by molar-refractivity contribution is 7.99. The molecule has 1 N–H and O–H groups in total. The van der Waals surface area contributed by atoms with Crippen LogP contribution in [0.25, 0.3) is 11.1 Å². The number of sulfonamides is 1. The molecule has 0 bridgehead atoms. The standard InChI is InChI=1S/C15H20N2O5S2/c1-17-12-9-11(3-4-13(12)22-14(17)18)24(19,20)16-10-15(21-2)5-7-23-8-6-15/h3-4,9,16H,5-8,10H2,1-2H3. The molecule has 0 aliphatic carbocycles. The number of nitrogens with one attached hydrogen (secondary N) is 1. The van der Waals surface area contributed by atoms with E-state index >= 15 is 0 Å². The van der Waals surface area contributed by atoms with Gasteiger partial charge in [0.05, 0.1) is 16.0 Å². The number of hydrogen-bond acceptors (Lipinski definition) is 6. The highest BCUT2D eigenvalue weighted by Crippen LogP contribution is 2.30. The van der Waals surface area contributed by atoms with E-state index in [9.17, 15) is 13.2 Å². The molecule has 7 nitrogen and oxygen atoms in total. The third-order valence-corrected chi connectivity index (χ3v) is 6.88. The van der Waals surface area contributed by atoms with Crippen LogP contribution < -0.4 is 10.5 Å². The number of ether oxygens (including phenoxy) is 1. The average Bonchev–Trinajstić information content (AvgIpc) is 2.88. The fraction of sp³-hybridized carbons (Fsp3) is 0.533. The van der Waals surface area contributed by atoms with Crippen molar-refractivity contribution in [2.45, 2.75) is 23.3 Å². The van der Waals surface area contributed by atoms with Crippen LogP contribution in [0.15, 0.2) is 32.3 Å². The summed E-state index contributed by atoms with van der Waals surface area (Å²) in [4.78, 5) is 11.6. The van der Waals surface area contributed by atoms with Gasteiger partial charge in [0.2, 0.25) is 10.0 Å². The van der Waals surface area contributed by atoms with Crippen LogP contribution in [0, 0.1) is 0 Å². The molecule has 9 heteroatoms. The number of nitrogens with zero attached hydrogens (tertiary/aromatic N) is 1. The van der Waals surface area contributed by atoms with Crippen molar-refractivity contribution in [3.8, 4) is 0 Å². The van der Waals surface area contributed by atoms with Gasteiger partial charge in [-0.25, -0.2) is 17.9 Å². The fourth-order valence-corrected chi connectivity index (χ4v) is 5.15. The minimum atomic E-state index is -3.70. The number of methoxy groups -OCH3 is 1. The number of benzene rings is 1. The van der Waals surface area contributed by atoms with E-state index in [-0.39, 0.29) is 11.4 Å². The average molecular weight is 372 g/mol. The van der Waals surface area contributed by atoms with Crippen LogP contribution in [0.4, 0.5) is 0 Å². The number of rotatable bonds is 5. The molecule has 1 aromatic carbocycles. The molecule has 2 heterocycles. The van der Waals surface area contributed by atoms with Crippen molar-refractivity contribution in [1.29, 1.82) is 0 Å². The maximum Gasteiger partial charge on any atom is 0.419 e. The molecule has 132 valence electrons. The van der Waals surface area contributed by atoms with Gasteiger partial charge >= 0.3 is 5.76 Å². The van der Waals surface area contributed by atoms with Crippen LogP contribution in [0.1, 0.15) is 12.8 Å². The third kappa shape index (κ3) is 3.26. The van der Waals surface area contributed by atoms with Gasteiger partial charge in [0, 0.05) is 20.7 Å². The second kappa shape index (κ2) is 6.55. The molecule has 24 heavy (non-hydrogen) atoms. The van der Waals surface area contributed by atoms with Gasteiger partial charge in [0.1, 0.15) is 0 Å². The molecule has 0 unspecified atom stereocenters. The quantitative estimate of drug-likeness (QED) is 0.851. The van der Waals surface area contributed by atoms with Gasteiger partial charge < -0.3 is 9.15 Å². The second-order valence-corrected chi connectivity index (χ2v) is 8.87. The van der Waals surface area contributed by atoms with E-state index in [0.29, 0.717) is 11.1 Å². The molecule has 1 saturated heterocycles. The van der Waals surface area contributed by atoms with Crippen molar-refractivity contribution in [1.82, 2.24) is 9.29 Å². The van der Waals surface area contributed by atoms with E-state index in [2.05, 4.69) is 4.72 Å². The van der Waals surface area contributed by atoms with E-state index in [1.165, 1.54) is 29.8 Å². The Morgan fingerprint density at radius 3 is 2.75 bits per heavy atom. The van der Waals surface area contributed by atoms with Gasteiger partial charge in [0.15, 0.2) is 5.58 Å². The summed E-state index contributed by atoms with van der Waals surface area (Å²) in [6.45, 7) is 0.231. The Labute approximate surface area is 144 Å². The van der Waals surface area contributed by atoms with Crippen LogP contribution in [-0.4, -0.2) is 43.7 Å². The maximum absolute atomic E-state index is 12.6. The van der Waals surface area contributed by atoms with Crippen molar-refractivity contribution < 1.29 is 17.6 Å². The predicted molar refractivity (Wildman–Crippen MR) is 92.9 cm³/mol. The number of fused-ring (bicyclic) bond motifs is 1. The lowest BCUT2D eigenvalue weighted by atomic mass is 9.97. The van der Waals surface area contributed by atoms with Crippen LogP contribution in [0.5, 0.6) is 0 Å². The molecule has 0 saturated carbocycles. The van der Waals surface area contributed by atoms with Gasteiger partial charge in [-0.2, -0.15) is 11.8 Å². The highest BCUT2D eigenvalue weighted by Gasteiger charge is 2.33. The first-order valence-corrected chi connectivity index (χ1v) is 10.2. The zero-order valence-corrected chi connectivity index (χ0v) is 15.2. The topological polar surface area (TPSA) is 90.5 Å². The fourth-order valence-electron chi connectivity index (χ4n) is 2.78. The van der Waals surface area contributed by atoms with Gasteiger partial charge in [0.25, 0.3) is 0 Å². The van der Waals surface area contributed by atoms with Gasteiger partial charge in [-0.3, -0.25) is 4.57 Å². The van der Waals surface area contributed by atoms with Crippen molar-refractivity contribution >= 4 is 32.9 Å². The third-order valence-electron chi connectivity index (χ3n) is 4.49. The first-order chi connectivity index (χ1) is 11.4. The zero-order valence-electron chi connectivity index (χ0n) is 13.6. The number of hydrogen-bond donors (Lipinski definition) is 1. The van der Waals surface area contributed by atoms with Crippen molar-refractivity contribution in [3.63, 3.8) is 0 Å². The monoisotopic (exact) mass is 372 g/mol. The van der Waals surface area contributed by atoms with Crippen molar-refractivity contribution in [2.75, 3.05) is 25.2 Å². The maximum atomic E-state index is 12.6. The summed E-state index contributed by atoms with van der Waals surface area (Å²) in [6.07, 6.45) is 1.62. The predicted octanol–water partition coefficient (Wildman–Crippen LogP) is 1.32. The Morgan fingerprint density at radius 2 is 2.08 bits per heavy atom. The summed E-state index contributed by atoms with van der Waals surface area (Å²) in [5.41, 5.74) is 0.350. The summed E-state index contributed by atoms with van der Waals surface area (Å²) in [5.74, 6) is 1.39. The SMILES string of the molecule is COC1(CNS(=O)(=O)c2ccc3oc(=O)n(C)c3c2)CCSCC1. The number of oxazole rings is 1. The zero-order chi connectivity index (χ0) is 17.4. The van der Waals surface area contributed by atoms with Gasteiger partial charge in [-0.1, -0.05) is 0 Å². The van der Waals surface area contributed by atoms with E-state index in [4.69, 9.17) is 9.15 Å². The first kappa shape index (κ1) is 17.5. The number of aromatic nitrogens is 1. The Bertz CT molecular complexity index is 894. The molecule has 1 aliphatic heterocycles. The molecule has 1 fully saturated rings. The smallest absolute Gasteiger partial charge is 0.408 e. The molecule has 1 aromatic heterocycles. The molecule has 2 aromatic rings. The molecule has 0 atom stereocenters. The number of aryl methyl sites for hydroxylation is 1. The van der Waals surface area contributed by atoms with Gasteiger partial charge in [-0.05, 0) is 42.5 Å². The Kier molecular flexibility index (Phi) is 4.78. The van der Waals surface area contributed by atoms with Crippen LogP contribution in [0.3, 0.4) is 0 Å². The first-order valence-electron chi connectivity index (χ1n) is 7.59. The summed E-state index contributed by atoms with van der Waals surface area (Å²) >= 11 is 1.85. The lowest BCUT2D eigenvalue weighted by molar-refractivity contribution is -0.0119. The van der Waals surface area contributed by atoms with E-state index < -0.39 is 21.4 Å². The largest absolute Gasteiger partial charge is 0.419 e. The second-order valence-electron chi connectivity index (χ2n) is 5.88. The molecular weight excluding hydrogens is 352 g/mol. The van der Waals surface area contributed by atoms with Crippen molar-refractivity contribution in [2.24, 2.45) is 7.05 Å². The molecule has 1 aliphatic rings. The Hall–Kier alpha value is -1.29. The van der Waals surface area contributed by atoms with Crippen LogP contribution in [-0.2, 0) is 21.8 Å². The highest BCUT2D eigenvalue weighted by atomic mass is 32.2. The normalized spacial score (nSPS) is 18.1. The lowest BCUT2D eigenvalue weighted by Crippen LogP contribution is -2.46.